The predicted molar refractivity (Wildman–Crippen MR) is 157 cm³/mol. The van der Waals surface area contributed by atoms with Gasteiger partial charge in [-0.05, 0) is 84.8 Å². The molecule has 2 amide bonds. The zero-order chi connectivity index (χ0) is 33.3. The smallest absolute Gasteiger partial charge is 0.430 e. The Hall–Kier alpha value is -4.11. The van der Waals surface area contributed by atoms with Crippen molar-refractivity contribution in [3.63, 3.8) is 0 Å². The molecule has 2 aromatic carbocycles. The van der Waals surface area contributed by atoms with E-state index in [4.69, 9.17) is 9.47 Å². The minimum absolute atomic E-state index is 0.0318. The van der Waals surface area contributed by atoms with Crippen LogP contribution in [-0.2, 0) is 32.6 Å². The summed E-state index contributed by atoms with van der Waals surface area (Å²) in [6, 6.07) is 6.58. The van der Waals surface area contributed by atoms with Crippen LogP contribution in [0.2, 0.25) is 0 Å². The molecule has 45 heavy (non-hydrogen) atoms. The molecule has 0 spiro atoms. The first-order valence-corrected chi connectivity index (χ1v) is 15.5. The maximum atomic E-state index is 15.8. The third kappa shape index (κ3) is 7.95. The van der Waals surface area contributed by atoms with Crippen LogP contribution in [-0.4, -0.2) is 55.0 Å². The van der Waals surface area contributed by atoms with Crippen molar-refractivity contribution in [1.29, 1.82) is 0 Å². The zero-order valence-electron chi connectivity index (χ0n) is 25.8. The second kappa shape index (κ2) is 12.7. The van der Waals surface area contributed by atoms with Gasteiger partial charge < -0.3 is 14.0 Å². The Morgan fingerprint density at radius 1 is 0.933 bits per heavy atom. The van der Waals surface area contributed by atoms with Gasteiger partial charge in [-0.3, -0.25) is 9.80 Å². The molecule has 1 aliphatic rings. The highest BCUT2D eigenvalue weighted by Crippen LogP contribution is 2.33. The number of halogens is 3. The molecular weight excluding hydrogens is 617 g/mol. The number of rotatable bonds is 8. The van der Waals surface area contributed by atoms with Gasteiger partial charge in [-0.2, -0.15) is 0 Å². The summed E-state index contributed by atoms with van der Waals surface area (Å²) in [5.74, 6) is -4.56. The highest BCUT2D eigenvalue weighted by Gasteiger charge is 2.41. The van der Waals surface area contributed by atoms with Crippen LogP contribution in [0.25, 0.3) is 0 Å². The molecule has 1 aliphatic heterocycles. The van der Waals surface area contributed by atoms with Gasteiger partial charge >= 0.3 is 12.2 Å². The van der Waals surface area contributed by atoms with E-state index in [1.807, 2.05) is 0 Å². The largest absolute Gasteiger partial charge is 0.443 e. The minimum Gasteiger partial charge on any atom is -0.443 e. The van der Waals surface area contributed by atoms with E-state index in [1.54, 1.807) is 26.8 Å². The van der Waals surface area contributed by atoms with Crippen molar-refractivity contribution in [3.8, 4) is 0 Å². The molecule has 0 unspecified atom stereocenters. The summed E-state index contributed by atoms with van der Waals surface area (Å²) < 4.78 is 89.3. The van der Waals surface area contributed by atoms with E-state index in [1.165, 1.54) is 32.9 Å². The topological polar surface area (TPSA) is 122 Å². The summed E-state index contributed by atoms with van der Waals surface area (Å²) in [5, 5.41) is 3.43. The first kappa shape index (κ1) is 33.8. The highest BCUT2D eigenvalue weighted by molar-refractivity contribution is 7.93. The van der Waals surface area contributed by atoms with E-state index < -0.39 is 73.8 Å². The van der Waals surface area contributed by atoms with Gasteiger partial charge in [0.1, 0.15) is 34.9 Å². The average Bonchev–Trinajstić information content (AvgIpc) is 3.36. The first-order chi connectivity index (χ1) is 20.9. The third-order valence-corrected chi connectivity index (χ3v) is 8.20. The van der Waals surface area contributed by atoms with Gasteiger partial charge in [-0.25, -0.2) is 31.2 Å². The Morgan fingerprint density at radius 3 is 2.04 bits per heavy atom. The number of nitrogens with zero attached hydrogens (tertiary/aromatic N) is 4. The van der Waals surface area contributed by atoms with Crippen LogP contribution in [0.5, 0.6) is 0 Å². The van der Waals surface area contributed by atoms with E-state index in [2.05, 4.69) is 14.6 Å². The summed E-state index contributed by atoms with van der Waals surface area (Å²) >= 11 is 0. The van der Waals surface area contributed by atoms with E-state index in [0.717, 1.165) is 36.7 Å². The van der Waals surface area contributed by atoms with Crippen LogP contribution in [0.4, 0.5) is 34.3 Å². The first-order valence-electron chi connectivity index (χ1n) is 14.0. The molecule has 1 saturated heterocycles. The predicted octanol–water partition coefficient (Wildman–Crippen LogP) is 6.37. The van der Waals surface area contributed by atoms with Crippen LogP contribution < -0.4 is 9.21 Å². The van der Waals surface area contributed by atoms with Gasteiger partial charge in [-0.15, -0.1) is 4.31 Å². The zero-order valence-corrected chi connectivity index (χ0v) is 26.6. The van der Waals surface area contributed by atoms with Crippen molar-refractivity contribution in [2.45, 2.75) is 77.2 Å². The molecule has 3 aromatic rings. The number of ether oxygens (including phenoxy) is 2. The normalized spacial score (nSPS) is 14.1. The van der Waals surface area contributed by atoms with Crippen molar-refractivity contribution in [2.24, 2.45) is 0 Å². The Balaban J connectivity index is 1.80. The SMILES string of the molecule is CC(C)(C)OC(=O)N(Cc1c(F)cccc1CN1CCC1)c1cc(F)c(S(=O)(=O)N(C(=O)OC(C)(C)C)c2ccon2)c(F)c1. The van der Waals surface area contributed by atoms with Crippen LogP contribution in [0.3, 0.4) is 0 Å². The number of carbonyl (C=O) groups is 2. The summed E-state index contributed by atoms with van der Waals surface area (Å²) in [6.45, 7) is 10.6. The molecular formula is C30H35F3N4O7S. The maximum Gasteiger partial charge on any atom is 0.430 e. The molecule has 1 fully saturated rings. The fourth-order valence-corrected chi connectivity index (χ4v) is 5.78. The number of amides is 2. The fraction of sp³-hybridized carbons (Fsp3) is 0.433. The molecule has 0 radical (unpaired) electrons. The number of sulfonamides is 1. The number of aromatic nitrogens is 1. The van der Waals surface area contributed by atoms with E-state index >= 15 is 13.2 Å². The van der Waals surface area contributed by atoms with E-state index in [9.17, 15) is 18.0 Å². The number of hydrogen-bond donors (Lipinski definition) is 0. The lowest BCUT2D eigenvalue weighted by atomic mass is 10.0. The standard InChI is InChI=1S/C30H35F3N4O7S/c1-29(2,3)43-27(38)36(18-21-19(9-7-10-22(21)31)17-35-12-8-13-35)20-15-23(32)26(24(33)16-20)45(40,41)37(25-11-14-42-34-25)28(39)44-30(4,5)6/h7,9-11,14-16H,8,12-13,17-18H2,1-6H3. The lowest BCUT2D eigenvalue weighted by Gasteiger charge is -2.32. The lowest BCUT2D eigenvalue weighted by Crippen LogP contribution is -2.42. The van der Waals surface area contributed by atoms with Crippen LogP contribution in [0, 0.1) is 17.5 Å². The Kier molecular flexibility index (Phi) is 9.54. The van der Waals surface area contributed by atoms with Crippen LogP contribution in [0.15, 0.2) is 52.1 Å². The summed E-state index contributed by atoms with van der Waals surface area (Å²) in [4.78, 5) is 27.7. The second-order valence-electron chi connectivity index (χ2n) is 12.4. The Bertz CT molecular complexity index is 1640. The Labute approximate surface area is 259 Å². The summed E-state index contributed by atoms with van der Waals surface area (Å²) in [6.07, 6.45) is -0.614. The molecule has 0 atom stereocenters. The van der Waals surface area contributed by atoms with Gasteiger partial charge in [-0.1, -0.05) is 17.3 Å². The molecule has 0 N–H and O–H groups in total. The van der Waals surface area contributed by atoms with Gasteiger partial charge in [0.05, 0.1) is 12.2 Å². The number of anilines is 2. The molecule has 0 saturated carbocycles. The van der Waals surface area contributed by atoms with Gasteiger partial charge in [0, 0.05) is 18.2 Å². The second-order valence-corrected chi connectivity index (χ2v) is 14.1. The minimum atomic E-state index is -5.34. The van der Waals surface area contributed by atoms with Crippen LogP contribution in [0.1, 0.15) is 59.1 Å². The molecule has 2 heterocycles. The molecule has 1 aromatic heterocycles. The van der Waals surface area contributed by atoms with Gasteiger partial charge in [0.15, 0.2) is 10.7 Å². The molecule has 11 nitrogen and oxygen atoms in total. The van der Waals surface area contributed by atoms with Crippen molar-refractivity contribution in [3.05, 3.63) is 71.2 Å². The maximum absolute atomic E-state index is 15.8. The van der Waals surface area contributed by atoms with Crippen LogP contribution >= 0.6 is 0 Å². The monoisotopic (exact) mass is 652 g/mol. The molecule has 15 heteroatoms. The molecule has 4 rings (SSSR count). The van der Waals surface area contributed by atoms with E-state index in [0.29, 0.717) is 24.2 Å². The average molecular weight is 653 g/mol. The quantitative estimate of drug-likeness (QED) is 0.273. The number of benzene rings is 2. The highest BCUT2D eigenvalue weighted by atomic mass is 32.2. The Morgan fingerprint density at radius 2 is 1.53 bits per heavy atom. The molecule has 244 valence electrons. The van der Waals surface area contributed by atoms with Crippen molar-refractivity contribution in [2.75, 3.05) is 22.3 Å². The number of carbonyl (C=O) groups excluding carboxylic acids is 2. The van der Waals surface area contributed by atoms with Gasteiger partial charge in [0.25, 0.3) is 10.0 Å². The summed E-state index contributed by atoms with van der Waals surface area (Å²) in [5.41, 5.74) is -2.04. The molecule has 0 aliphatic carbocycles. The van der Waals surface area contributed by atoms with Crippen molar-refractivity contribution < 1.29 is 45.2 Å². The van der Waals surface area contributed by atoms with Gasteiger partial charge in [0.2, 0.25) is 0 Å². The fourth-order valence-electron chi connectivity index (χ4n) is 4.41. The number of likely N-dealkylation sites (tertiary alicyclic amines) is 1. The molecule has 0 bridgehead atoms. The summed E-state index contributed by atoms with van der Waals surface area (Å²) in [7, 11) is -5.34. The number of hydrogen-bond acceptors (Lipinski definition) is 9. The third-order valence-electron chi connectivity index (χ3n) is 6.47. The van der Waals surface area contributed by atoms with Crippen molar-refractivity contribution >= 4 is 33.7 Å². The lowest BCUT2D eigenvalue weighted by molar-refractivity contribution is 0.0573. The van der Waals surface area contributed by atoms with E-state index in [-0.39, 0.29) is 9.87 Å². The van der Waals surface area contributed by atoms with Crippen molar-refractivity contribution in [1.82, 2.24) is 10.1 Å².